The van der Waals surface area contributed by atoms with Gasteiger partial charge < -0.3 is 9.47 Å². The topological polar surface area (TPSA) is 18.5 Å². The van der Waals surface area contributed by atoms with Crippen LogP contribution in [0.1, 0.15) is 51.4 Å². The first-order chi connectivity index (χ1) is 7.85. The number of alkyl halides is 1. The summed E-state index contributed by atoms with van der Waals surface area (Å²) in [5, 5.41) is 0.976. The molecular weight excluding hydrogens is 268 g/mol. The SMILES string of the molecule is BrCC1(OCCOC2CCCC2)CCCC1. The third-order valence-electron chi connectivity index (χ3n) is 3.91. The minimum Gasteiger partial charge on any atom is -0.376 e. The fraction of sp³-hybridized carbons (Fsp3) is 1.00. The largest absolute Gasteiger partial charge is 0.376 e. The first kappa shape index (κ1) is 12.8. The van der Waals surface area contributed by atoms with Crippen molar-refractivity contribution < 1.29 is 9.47 Å². The number of rotatable bonds is 6. The molecule has 0 aromatic carbocycles. The van der Waals surface area contributed by atoms with Gasteiger partial charge in [0.05, 0.1) is 24.9 Å². The Bertz CT molecular complexity index is 196. The van der Waals surface area contributed by atoms with Crippen LogP contribution >= 0.6 is 15.9 Å². The molecule has 0 aromatic rings. The molecule has 2 saturated carbocycles. The summed E-state index contributed by atoms with van der Waals surface area (Å²) in [6, 6.07) is 0. The molecule has 0 aromatic heterocycles. The van der Waals surface area contributed by atoms with Gasteiger partial charge in [0.15, 0.2) is 0 Å². The summed E-state index contributed by atoms with van der Waals surface area (Å²) < 4.78 is 11.8. The Balaban J connectivity index is 1.59. The summed E-state index contributed by atoms with van der Waals surface area (Å²) in [6.07, 6.45) is 10.8. The first-order valence-corrected chi connectivity index (χ1v) is 7.78. The van der Waals surface area contributed by atoms with Gasteiger partial charge in [-0.05, 0) is 25.7 Å². The summed E-state index contributed by atoms with van der Waals surface area (Å²) in [4.78, 5) is 0. The number of hydrogen-bond donors (Lipinski definition) is 0. The van der Waals surface area contributed by atoms with Crippen molar-refractivity contribution in [2.75, 3.05) is 18.5 Å². The zero-order valence-electron chi connectivity index (χ0n) is 10.0. The fourth-order valence-corrected chi connectivity index (χ4v) is 3.59. The second-order valence-electron chi connectivity index (χ2n) is 5.15. The Morgan fingerprint density at radius 2 is 1.69 bits per heavy atom. The van der Waals surface area contributed by atoms with E-state index in [1.54, 1.807) is 0 Å². The van der Waals surface area contributed by atoms with Crippen molar-refractivity contribution in [2.45, 2.75) is 63.1 Å². The lowest BCUT2D eigenvalue weighted by atomic mass is 10.1. The number of halogens is 1. The summed E-state index contributed by atoms with van der Waals surface area (Å²) in [7, 11) is 0. The van der Waals surface area contributed by atoms with E-state index in [0.717, 1.165) is 18.5 Å². The number of ether oxygens (including phenoxy) is 2. The van der Waals surface area contributed by atoms with Crippen molar-refractivity contribution in [2.24, 2.45) is 0 Å². The van der Waals surface area contributed by atoms with Gasteiger partial charge in [-0.3, -0.25) is 0 Å². The smallest absolute Gasteiger partial charge is 0.0780 e. The van der Waals surface area contributed by atoms with Crippen LogP contribution in [0.4, 0.5) is 0 Å². The average Bonchev–Trinajstić information content (AvgIpc) is 2.97. The van der Waals surface area contributed by atoms with E-state index in [1.807, 2.05) is 0 Å². The quantitative estimate of drug-likeness (QED) is 0.549. The Labute approximate surface area is 107 Å². The van der Waals surface area contributed by atoms with E-state index in [4.69, 9.17) is 9.47 Å². The monoisotopic (exact) mass is 290 g/mol. The molecule has 0 N–H and O–H groups in total. The van der Waals surface area contributed by atoms with Crippen molar-refractivity contribution >= 4 is 15.9 Å². The summed E-state index contributed by atoms with van der Waals surface area (Å²) >= 11 is 3.59. The molecule has 3 heteroatoms. The van der Waals surface area contributed by atoms with Gasteiger partial charge >= 0.3 is 0 Å². The maximum atomic E-state index is 6.03. The van der Waals surface area contributed by atoms with Crippen molar-refractivity contribution in [3.8, 4) is 0 Å². The molecule has 16 heavy (non-hydrogen) atoms. The molecule has 0 aliphatic heterocycles. The molecule has 2 nitrogen and oxygen atoms in total. The van der Waals surface area contributed by atoms with E-state index in [2.05, 4.69) is 15.9 Å². The molecule has 0 spiro atoms. The van der Waals surface area contributed by atoms with Crippen LogP contribution in [-0.2, 0) is 9.47 Å². The van der Waals surface area contributed by atoms with Gasteiger partial charge in [0.2, 0.25) is 0 Å². The van der Waals surface area contributed by atoms with Crippen LogP contribution in [0.15, 0.2) is 0 Å². The van der Waals surface area contributed by atoms with Gasteiger partial charge in [-0.1, -0.05) is 41.6 Å². The minimum absolute atomic E-state index is 0.124. The summed E-state index contributed by atoms with van der Waals surface area (Å²) in [5.74, 6) is 0. The lowest BCUT2D eigenvalue weighted by molar-refractivity contribution is -0.0614. The molecule has 0 bridgehead atoms. The second-order valence-corrected chi connectivity index (χ2v) is 5.71. The van der Waals surface area contributed by atoms with Crippen molar-refractivity contribution in [1.82, 2.24) is 0 Å². The molecule has 0 heterocycles. The third kappa shape index (κ3) is 3.44. The van der Waals surface area contributed by atoms with Crippen LogP contribution in [-0.4, -0.2) is 30.2 Å². The molecule has 2 fully saturated rings. The molecule has 2 rings (SSSR count). The summed E-state index contributed by atoms with van der Waals surface area (Å²) in [6.45, 7) is 1.54. The van der Waals surface area contributed by atoms with Crippen molar-refractivity contribution in [3.05, 3.63) is 0 Å². The predicted octanol–water partition coefficient (Wildman–Crippen LogP) is 3.67. The van der Waals surface area contributed by atoms with E-state index < -0.39 is 0 Å². The van der Waals surface area contributed by atoms with E-state index in [9.17, 15) is 0 Å². The zero-order valence-corrected chi connectivity index (χ0v) is 11.6. The van der Waals surface area contributed by atoms with E-state index in [0.29, 0.717) is 6.10 Å². The van der Waals surface area contributed by atoms with Crippen LogP contribution < -0.4 is 0 Å². The van der Waals surface area contributed by atoms with Crippen molar-refractivity contribution in [1.29, 1.82) is 0 Å². The minimum atomic E-state index is 0.124. The lowest BCUT2D eigenvalue weighted by Crippen LogP contribution is -2.32. The van der Waals surface area contributed by atoms with Gasteiger partial charge in [0.1, 0.15) is 0 Å². The molecular formula is C13H23BrO2. The molecule has 0 unspecified atom stereocenters. The molecule has 2 aliphatic carbocycles. The molecule has 0 radical (unpaired) electrons. The molecule has 0 atom stereocenters. The van der Waals surface area contributed by atoms with Gasteiger partial charge in [-0.25, -0.2) is 0 Å². The highest BCUT2D eigenvalue weighted by atomic mass is 79.9. The highest BCUT2D eigenvalue weighted by Crippen LogP contribution is 2.34. The lowest BCUT2D eigenvalue weighted by Gasteiger charge is -2.27. The highest BCUT2D eigenvalue weighted by Gasteiger charge is 2.33. The Morgan fingerprint density at radius 3 is 2.31 bits per heavy atom. The Morgan fingerprint density at radius 1 is 1.00 bits per heavy atom. The molecule has 0 amide bonds. The standard InChI is InChI=1S/C13H23BrO2/c14-11-13(7-3-4-8-13)16-10-9-15-12-5-1-2-6-12/h12H,1-11H2. The van der Waals surface area contributed by atoms with Gasteiger partial charge in [-0.15, -0.1) is 0 Å². The van der Waals surface area contributed by atoms with E-state index in [-0.39, 0.29) is 5.60 Å². The van der Waals surface area contributed by atoms with Crippen molar-refractivity contribution in [3.63, 3.8) is 0 Å². The van der Waals surface area contributed by atoms with Crippen LogP contribution in [0.3, 0.4) is 0 Å². The van der Waals surface area contributed by atoms with Crippen LogP contribution in [0.25, 0.3) is 0 Å². The highest BCUT2D eigenvalue weighted by molar-refractivity contribution is 9.09. The predicted molar refractivity (Wildman–Crippen MR) is 69.2 cm³/mol. The van der Waals surface area contributed by atoms with Crippen LogP contribution in [0.5, 0.6) is 0 Å². The van der Waals surface area contributed by atoms with Gasteiger partial charge in [0, 0.05) is 5.33 Å². The Hall–Kier alpha value is 0.400. The van der Waals surface area contributed by atoms with Crippen LogP contribution in [0, 0.1) is 0 Å². The van der Waals surface area contributed by atoms with Crippen LogP contribution in [0.2, 0.25) is 0 Å². The second kappa shape index (κ2) is 6.36. The number of hydrogen-bond acceptors (Lipinski definition) is 2. The first-order valence-electron chi connectivity index (χ1n) is 6.66. The fourth-order valence-electron chi connectivity index (χ4n) is 2.86. The molecule has 2 aliphatic rings. The Kier molecular flexibility index (Phi) is 5.11. The zero-order chi connectivity index (χ0) is 11.3. The third-order valence-corrected chi connectivity index (χ3v) is 4.93. The van der Waals surface area contributed by atoms with Gasteiger partial charge in [0.25, 0.3) is 0 Å². The maximum absolute atomic E-state index is 6.03. The normalized spacial score (nSPS) is 25.3. The van der Waals surface area contributed by atoms with Gasteiger partial charge in [-0.2, -0.15) is 0 Å². The molecule has 0 saturated heterocycles. The summed E-state index contributed by atoms with van der Waals surface area (Å²) in [5.41, 5.74) is 0.124. The van der Waals surface area contributed by atoms with E-state index >= 15 is 0 Å². The van der Waals surface area contributed by atoms with E-state index in [1.165, 1.54) is 51.4 Å². The molecule has 94 valence electrons. The average molecular weight is 291 g/mol. The maximum Gasteiger partial charge on any atom is 0.0780 e.